The van der Waals surface area contributed by atoms with Gasteiger partial charge in [-0.15, -0.1) is 0 Å². The number of hydrogen-bond donors (Lipinski definition) is 1. The van der Waals surface area contributed by atoms with E-state index in [9.17, 15) is 4.79 Å². The molecule has 1 saturated heterocycles. The van der Waals surface area contributed by atoms with Crippen LogP contribution in [0.5, 0.6) is 0 Å². The molecule has 1 amide bonds. The van der Waals surface area contributed by atoms with Gasteiger partial charge in [-0.05, 0) is 24.4 Å². The lowest BCUT2D eigenvalue weighted by molar-refractivity contribution is -0.120. The van der Waals surface area contributed by atoms with Crippen molar-refractivity contribution >= 4 is 5.91 Å². The summed E-state index contributed by atoms with van der Waals surface area (Å²) in [5.74, 6) is 0.725. The van der Waals surface area contributed by atoms with E-state index in [1.807, 2.05) is 6.07 Å². The summed E-state index contributed by atoms with van der Waals surface area (Å²) >= 11 is 0. The van der Waals surface area contributed by atoms with E-state index in [-0.39, 0.29) is 34.8 Å². The first-order valence-corrected chi connectivity index (χ1v) is 11.7. The Morgan fingerprint density at radius 2 is 2.00 bits per heavy atom. The minimum Gasteiger partial charge on any atom is -0.379 e. The van der Waals surface area contributed by atoms with Crippen LogP contribution in [0.1, 0.15) is 25.8 Å². The summed E-state index contributed by atoms with van der Waals surface area (Å²) in [6.45, 7) is 9.17. The van der Waals surface area contributed by atoms with E-state index in [0.717, 1.165) is 39.3 Å². The Morgan fingerprint density at radius 3 is 2.74 bits per heavy atom. The summed E-state index contributed by atoms with van der Waals surface area (Å²) in [4.78, 5) is 14.7. The molecule has 6 atom stereocenters. The standard InChI is InChI=1S/C26H34N2O3/c1-19-23(27-20(2)29)25(12-13-28-14-16-30-17-15-28)22-10-6-7-11-26(22,25)24(19)31-18-21-8-4-3-5-9-21/h3-11,19,22-24H,12-18H2,1-2H3,(H,27,29)/t19-,22+,23-,24+,25-,26+/m1/s1. The fourth-order valence-electron chi connectivity index (χ4n) is 6.92. The third kappa shape index (κ3) is 3.29. The average molecular weight is 423 g/mol. The number of fused-ring (bicyclic) bond motifs is 1. The van der Waals surface area contributed by atoms with Gasteiger partial charge in [0.25, 0.3) is 0 Å². The molecule has 1 aromatic carbocycles. The molecule has 1 spiro atoms. The summed E-state index contributed by atoms with van der Waals surface area (Å²) in [6.07, 6.45) is 10.3. The molecule has 166 valence electrons. The Bertz CT molecular complexity index is 863. The van der Waals surface area contributed by atoms with Gasteiger partial charge in [0.1, 0.15) is 0 Å². The van der Waals surface area contributed by atoms with Crippen LogP contribution in [0.15, 0.2) is 54.6 Å². The lowest BCUT2D eigenvalue weighted by Crippen LogP contribution is -2.47. The minimum absolute atomic E-state index is 0.0151. The minimum atomic E-state index is -0.0324. The molecule has 31 heavy (non-hydrogen) atoms. The van der Waals surface area contributed by atoms with Gasteiger partial charge < -0.3 is 14.8 Å². The van der Waals surface area contributed by atoms with Crippen molar-refractivity contribution in [3.63, 3.8) is 0 Å². The van der Waals surface area contributed by atoms with Crippen LogP contribution in [0, 0.1) is 22.7 Å². The monoisotopic (exact) mass is 422 g/mol. The maximum atomic E-state index is 12.2. The fourth-order valence-corrected chi connectivity index (χ4v) is 6.92. The van der Waals surface area contributed by atoms with Crippen molar-refractivity contribution in [3.05, 3.63) is 60.2 Å². The zero-order chi connectivity index (χ0) is 21.5. The highest BCUT2D eigenvalue weighted by molar-refractivity contribution is 5.74. The number of amides is 1. The summed E-state index contributed by atoms with van der Waals surface area (Å²) in [6, 6.07) is 10.5. The molecular formula is C26H34N2O3. The van der Waals surface area contributed by atoms with Gasteiger partial charge in [-0.25, -0.2) is 0 Å². The summed E-state index contributed by atoms with van der Waals surface area (Å²) in [7, 11) is 0. The number of carbonyl (C=O) groups is 1. The predicted molar refractivity (Wildman–Crippen MR) is 120 cm³/mol. The van der Waals surface area contributed by atoms with Crippen molar-refractivity contribution in [3.8, 4) is 0 Å². The molecule has 2 saturated carbocycles. The molecule has 1 aromatic rings. The van der Waals surface area contributed by atoms with E-state index in [1.54, 1.807) is 6.92 Å². The summed E-state index contributed by atoms with van der Waals surface area (Å²) < 4.78 is 12.2. The highest BCUT2D eigenvalue weighted by atomic mass is 16.5. The number of nitrogens with one attached hydrogen (secondary N) is 1. The Kier molecular flexibility index (Phi) is 5.53. The van der Waals surface area contributed by atoms with Gasteiger partial charge in [-0.3, -0.25) is 9.69 Å². The summed E-state index contributed by atoms with van der Waals surface area (Å²) in [5.41, 5.74) is 1.18. The van der Waals surface area contributed by atoms with E-state index in [4.69, 9.17) is 9.47 Å². The number of carbonyl (C=O) groups excluding carboxylic acids is 1. The van der Waals surface area contributed by atoms with Crippen LogP contribution in [0.3, 0.4) is 0 Å². The first-order chi connectivity index (χ1) is 15.1. The highest BCUT2D eigenvalue weighted by Crippen LogP contribution is 2.82. The molecule has 4 aliphatic rings. The number of benzene rings is 1. The molecule has 3 fully saturated rings. The van der Waals surface area contributed by atoms with E-state index in [1.165, 1.54) is 5.56 Å². The second kappa shape index (κ2) is 8.19. The van der Waals surface area contributed by atoms with Gasteiger partial charge in [0.05, 0.1) is 25.9 Å². The maximum absolute atomic E-state index is 12.2. The normalized spacial score (nSPS) is 38.5. The SMILES string of the molecule is CC(=O)N[C@@H]1[C@@H](C)[C@H](OCc2ccccc2)[C@]23C=CC=C[C@H]2[C@]13CCN1CCOCC1. The van der Waals surface area contributed by atoms with Crippen molar-refractivity contribution in [2.24, 2.45) is 22.7 Å². The van der Waals surface area contributed by atoms with Crippen molar-refractivity contribution in [1.29, 1.82) is 0 Å². The van der Waals surface area contributed by atoms with Crippen LogP contribution < -0.4 is 5.32 Å². The topological polar surface area (TPSA) is 50.8 Å². The Labute approximate surface area is 185 Å². The quantitative estimate of drug-likeness (QED) is 0.733. The first-order valence-electron chi connectivity index (χ1n) is 11.7. The molecule has 5 heteroatoms. The third-order valence-electron chi connectivity index (χ3n) is 8.18. The van der Waals surface area contributed by atoms with Crippen LogP contribution in [0.25, 0.3) is 0 Å². The number of morpholine rings is 1. The fraction of sp³-hybridized carbons (Fsp3) is 0.577. The lowest BCUT2D eigenvalue weighted by Gasteiger charge is -2.34. The van der Waals surface area contributed by atoms with E-state index >= 15 is 0 Å². The van der Waals surface area contributed by atoms with Crippen LogP contribution in [0.4, 0.5) is 0 Å². The predicted octanol–water partition coefficient (Wildman–Crippen LogP) is 3.18. The largest absolute Gasteiger partial charge is 0.379 e. The molecule has 1 N–H and O–H groups in total. The van der Waals surface area contributed by atoms with E-state index in [0.29, 0.717) is 12.5 Å². The Balaban J connectivity index is 1.43. The summed E-state index contributed by atoms with van der Waals surface area (Å²) in [5, 5.41) is 3.36. The zero-order valence-electron chi connectivity index (χ0n) is 18.6. The molecule has 1 heterocycles. The lowest BCUT2D eigenvalue weighted by atomic mass is 9.84. The van der Waals surface area contributed by atoms with Crippen LogP contribution in [0.2, 0.25) is 0 Å². The van der Waals surface area contributed by atoms with Crippen LogP contribution >= 0.6 is 0 Å². The molecule has 3 aliphatic carbocycles. The second-order valence-corrected chi connectivity index (χ2v) is 9.65. The van der Waals surface area contributed by atoms with E-state index in [2.05, 4.69) is 65.7 Å². The van der Waals surface area contributed by atoms with E-state index < -0.39 is 0 Å². The molecule has 5 nitrogen and oxygen atoms in total. The molecule has 0 aromatic heterocycles. The van der Waals surface area contributed by atoms with Crippen molar-refractivity contribution in [2.75, 3.05) is 32.8 Å². The van der Waals surface area contributed by atoms with Gasteiger partial charge in [-0.2, -0.15) is 0 Å². The average Bonchev–Trinajstić information content (AvgIpc) is 3.34. The van der Waals surface area contributed by atoms with Gasteiger partial charge >= 0.3 is 0 Å². The van der Waals surface area contributed by atoms with Gasteiger partial charge in [0, 0.05) is 42.8 Å². The number of rotatable bonds is 7. The van der Waals surface area contributed by atoms with Gasteiger partial charge in [-0.1, -0.05) is 61.6 Å². The number of ether oxygens (including phenoxy) is 2. The number of nitrogens with zero attached hydrogens (tertiary/aromatic N) is 1. The highest BCUT2D eigenvalue weighted by Gasteiger charge is 2.85. The maximum Gasteiger partial charge on any atom is 0.217 e. The molecule has 0 unspecified atom stereocenters. The smallest absolute Gasteiger partial charge is 0.217 e. The zero-order valence-corrected chi connectivity index (χ0v) is 18.6. The number of hydrogen-bond acceptors (Lipinski definition) is 4. The Morgan fingerprint density at radius 1 is 1.23 bits per heavy atom. The van der Waals surface area contributed by atoms with Crippen LogP contribution in [-0.2, 0) is 20.9 Å². The van der Waals surface area contributed by atoms with Crippen molar-refractivity contribution in [2.45, 2.75) is 39.0 Å². The molecule has 0 radical (unpaired) electrons. The van der Waals surface area contributed by atoms with Crippen molar-refractivity contribution < 1.29 is 14.3 Å². The second-order valence-electron chi connectivity index (χ2n) is 9.65. The van der Waals surface area contributed by atoms with Gasteiger partial charge in [0.15, 0.2) is 0 Å². The Hall–Kier alpha value is -1.95. The molecule has 5 rings (SSSR count). The molecule has 1 aliphatic heterocycles. The van der Waals surface area contributed by atoms with Gasteiger partial charge in [0.2, 0.25) is 5.91 Å². The van der Waals surface area contributed by atoms with Crippen LogP contribution in [-0.4, -0.2) is 55.8 Å². The number of allylic oxidation sites excluding steroid dienone is 3. The van der Waals surface area contributed by atoms with Crippen molar-refractivity contribution in [1.82, 2.24) is 10.2 Å². The first kappa shape index (κ1) is 20.9. The molecular weight excluding hydrogens is 388 g/mol. The molecule has 0 bridgehead atoms. The third-order valence-corrected chi connectivity index (χ3v) is 8.18.